The van der Waals surface area contributed by atoms with Crippen molar-refractivity contribution in [3.63, 3.8) is 0 Å². The van der Waals surface area contributed by atoms with Gasteiger partial charge in [0.15, 0.2) is 16.3 Å². The van der Waals surface area contributed by atoms with Gasteiger partial charge in [-0.15, -0.1) is 0 Å². The van der Waals surface area contributed by atoms with Gasteiger partial charge in [-0.1, -0.05) is 47.2 Å². The molecule has 7 nitrogen and oxygen atoms in total. The Hall–Kier alpha value is -4.28. The molecule has 0 bridgehead atoms. The molecule has 1 atom stereocenters. The van der Waals surface area contributed by atoms with Gasteiger partial charge < -0.3 is 14.2 Å². The third-order valence-electron chi connectivity index (χ3n) is 6.55. The lowest BCUT2D eigenvalue weighted by Gasteiger charge is -2.24. The van der Waals surface area contributed by atoms with Crippen LogP contribution in [0.1, 0.15) is 36.6 Å². The van der Waals surface area contributed by atoms with Gasteiger partial charge >= 0.3 is 5.97 Å². The molecule has 0 fully saturated rings. The van der Waals surface area contributed by atoms with Crippen molar-refractivity contribution in [2.45, 2.75) is 26.5 Å². The average molecular weight is 611 g/mol. The number of aromatic nitrogens is 1. The maximum absolute atomic E-state index is 13.8. The van der Waals surface area contributed by atoms with Gasteiger partial charge in [0, 0.05) is 0 Å². The zero-order valence-electron chi connectivity index (χ0n) is 22.8. The highest BCUT2D eigenvalue weighted by Gasteiger charge is 2.33. The molecule has 1 aliphatic heterocycles. The van der Waals surface area contributed by atoms with Crippen LogP contribution in [0.15, 0.2) is 81.7 Å². The van der Waals surface area contributed by atoms with Gasteiger partial charge in [-0.25, -0.2) is 18.6 Å². The van der Waals surface area contributed by atoms with Crippen LogP contribution in [-0.4, -0.2) is 24.3 Å². The van der Waals surface area contributed by atoms with Crippen molar-refractivity contribution in [1.82, 2.24) is 4.57 Å². The van der Waals surface area contributed by atoms with E-state index in [1.165, 1.54) is 48.1 Å². The van der Waals surface area contributed by atoms with Crippen molar-refractivity contribution in [1.29, 1.82) is 0 Å². The Kier molecular flexibility index (Phi) is 8.56. The van der Waals surface area contributed by atoms with Crippen LogP contribution in [-0.2, 0) is 16.1 Å². The first kappa shape index (κ1) is 29.2. The molecule has 0 amide bonds. The topological polar surface area (TPSA) is 79.1 Å². The Bertz CT molecular complexity index is 1870. The Morgan fingerprint density at radius 3 is 2.40 bits per heavy atom. The van der Waals surface area contributed by atoms with Crippen LogP contribution in [0.4, 0.5) is 8.78 Å². The SMILES string of the molecule is CCOC(=O)C1=C(C)N=c2s/c(=C\c3cc(Cl)c(OCc4ccc(F)cc4)c(OC)c3)c(=O)n2[C@H]1c1ccc(F)cc1. The molecule has 5 rings (SSSR count). The Labute approximate surface area is 248 Å². The second-order valence-corrected chi connectivity index (χ2v) is 10.7. The molecule has 0 saturated carbocycles. The predicted molar refractivity (Wildman–Crippen MR) is 156 cm³/mol. The summed E-state index contributed by atoms with van der Waals surface area (Å²) in [6.45, 7) is 3.64. The van der Waals surface area contributed by atoms with Crippen molar-refractivity contribution in [2.24, 2.45) is 4.99 Å². The summed E-state index contributed by atoms with van der Waals surface area (Å²) in [5.74, 6) is -0.753. The maximum Gasteiger partial charge on any atom is 0.338 e. The minimum atomic E-state index is -0.858. The quantitative estimate of drug-likeness (QED) is 0.253. The zero-order chi connectivity index (χ0) is 30.0. The summed E-state index contributed by atoms with van der Waals surface area (Å²) in [6.07, 6.45) is 1.65. The van der Waals surface area contributed by atoms with E-state index >= 15 is 0 Å². The van der Waals surface area contributed by atoms with E-state index in [2.05, 4.69) is 4.99 Å². The highest BCUT2D eigenvalue weighted by Crippen LogP contribution is 2.37. The number of ether oxygens (including phenoxy) is 3. The molecule has 0 N–H and O–H groups in total. The molecule has 0 unspecified atom stereocenters. The molecule has 2 heterocycles. The first-order chi connectivity index (χ1) is 20.2. The number of halogens is 3. The molecule has 0 radical (unpaired) electrons. The lowest BCUT2D eigenvalue weighted by molar-refractivity contribution is -0.139. The minimum absolute atomic E-state index is 0.139. The van der Waals surface area contributed by atoms with Crippen LogP contribution in [0, 0.1) is 11.6 Å². The number of esters is 1. The molecule has 0 aliphatic carbocycles. The van der Waals surface area contributed by atoms with Crippen molar-refractivity contribution in [3.8, 4) is 11.5 Å². The first-order valence-electron chi connectivity index (χ1n) is 12.9. The Balaban J connectivity index is 1.56. The molecule has 42 heavy (non-hydrogen) atoms. The average Bonchev–Trinajstić information content (AvgIpc) is 3.26. The molecule has 1 aromatic heterocycles. The van der Waals surface area contributed by atoms with E-state index in [4.69, 9.17) is 25.8 Å². The fourth-order valence-electron chi connectivity index (χ4n) is 4.60. The summed E-state index contributed by atoms with van der Waals surface area (Å²) < 4.78 is 45.4. The molecule has 0 saturated heterocycles. The predicted octanol–water partition coefficient (Wildman–Crippen LogP) is 5.32. The summed E-state index contributed by atoms with van der Waals surface area (Å²) in [5, 5.41) is 0.250. The van der Waals surface area contributed by atoms with E-state index in [1.54, 1.807) is 44.2 Å². The van der Waals surface area contributed by atoms with Crippen LogP contribution in [0.3, 0.4) is 0 Å². The van der Waals surface area contributed by atoms with Gasteiger partial charge in [-0.3, -0.25) is 9.36 Å². The summed E-state index contributed by atoms with van der Waals surface area (Å²) in [5.41, 5.74) is 2.06. The number of fused-ring (bicyclic) bond motifs is 1. The zero-order valence-corrected chi connectivity index (χ0v) is 24.4. The smallest absolute Gasteiger partial charge is 0.338 e. The van der Waals surface area contributed by atoms with E-state index in [9.17, 15) is 18.4 Å². The molecule has 11 heteroatoms. The molecular formula is C31H25ClF2N2O5S. The number of nitrogens with zero attached hydrogens (tertiary/aromatic N) is 2. The molecule has 0 spiro atoms. The van der Waals surface area contributed by atoms with Gasteiger partial charge in [-0.05, 0) is 73.0 Å². The number of carbonyl (C=O) groups is 1. The van der Waals surface area contributed by atoms with Gasteiger partial charge in [0.25, 0.3) is 5.56 Å². The Morgan fingerprint density at radius 1 is 1.10 bits per heavy atom. The number of hydrogen-bond donors (Lipinski definition) is 0. The summed E-state index contributed by atoms with van der Waals surface area (Å²) in [4.78, 5) is 31.7. The third-order valence-corrected chi connectivity index (χ3v) is 7.81. The summed E-state index contributed by atoms with van der Waals surface area (Å²) in [7, 11) is 1.47. The molecule has 4 aromatic rings. The number of hydrogen-bond acceptors (Lipinski definition) is 7. The van der Waals surface area contributed by atoms with Crippen molar-refractivity contribution in [3.05, 3.63) is 125 Å². The largest absolute Gasteiger partial charge is 0.493 e. The number of rotatable bonds is 8. The fourth-order valence-corrected chi connectivity index (χ4v) is 5.92. The van der Waals surface area contributed by atoms with Crippen molar-refractivity contribution >= 4 is 35.0 Å². The summed E-state index contributed by atoms with van der Waals surface area (Å²) in [6, 6.07) is 14.0. The maximum atomic E-state index is 13.8. The van der Waals surface area contributed by atoms with Crippen LogP contribution in [0.2, 0.25) is 5.02 Å². The monoisotopic (exact) mass is 610 g/mol. The van der Waals surface area contributed by atoms with Crippen LogP contribution < -0.4 is 24.4 Å². The molecular weight excluding hydrogens is 586 g/mol. The fraction of sp³-hybridized carbons (Fsp3) is 0.194. The number of thiazole rings is 1. The second kappa shape index (κ2) is 12.3. The van der Waals surface area contributed by atoms with Gasteiger partial charge in [0.2, 0.25) is 0 Å². The van der Waals surface area contributed by atoms with E-state index in [1.807, 2.05) is 0 Å². The highest BCUT2D eigenvalue weighted by molar-refractivity contribution is 7.07. The molecule has 3 aromatic carbocycles. The number of methoxy groups -OCH3 is 1. The van der Waals surface area contributed by atoms with Crippen molar-refractivity contribution in [2.75, 3.05) is 13.7 Å². The number of allylic oxidation sites excluding steroid dienone is 1. The second-order valence-electron chi connectivity index (χ2n) is 9.30. The van der Waals surface area contributed by atoms with Gasteiger partial charge in [0.05, 0.1) is 40.6 Å². The van der Waals surface area contributed by atoms with E-state index in [-0.39, 0.29) is 29.6 Å². The van der Waals surface area contributed by atoms with E-state index in [0.717, 1.165) is 16.9 Å². The number of carbonyl (C=O) groups excluding carboxylic acids is 1. The number of benzene rings is 3. The minimum Gasteiger partial charge on any atom is -0.493 e. The van der Waals surface area contributed by atoms with Gasteiger partial charge in [0.1, 0.15) is 18.2 Å². The van der Waals surface area contributed by atoms with E-state index in [0.29, 0.717) is 37.7 Å². The van der Waals surface area contributed by atoms with Crippen LogP contribution in [0.25, 0.3) is 6.08 Å². The molecule has 1 aliphatic rings. The van der Waals surface area contributed by atoms with Gasteiger partial charge in [-0.2, -0.15) is 0 Å². The van der Waals surface area contributed by atoms with Crippen LogP contribution >= 0.6 is 22.9 Å². The molecule has 216 valence electrons. The lowest BCUT2D eigenvalue weighted by atomic mass is 9.96. The summed E-state index contributed by atoms with van der Waals surface area (Å²) >= 11 is 7.70. The third kappa shape index (κ3) is 5.86. The van der Waals surface area contributed by atoms with Crippen molar-refractivity contribution < 1.29 is 27.8 Å². The highest BCUT2D eigenvalue weighted by atomic mass is 35.5. The normalized spacial score (nSPS) is 14.8. The van der Waals surface area contributed by atoms with Crippen LogP contribution in [0.5, 0.6) is 11.5 Å². The van der Waals surface area contributed by atoms with E-state index < -0.39 is 23.4 Å². The Morgan fingerprint density at radius 2 is 1.76 bits per heavy atom. The standard InChI is InChI=1S/C31H25ClF2N2O5S/c1-4-40-30(38)26-17(2)35-31-36(27(26)20-7-11-22(34)12-8-20)29(37)25(42-31)15-19-13-23(32)28(24(14-19)39-3)41-16-18-5-9-21(33)10-6-18/h5-15,27H,4,16H2,1-3H3/b25-15-/t27-/m0/s1. The lowest BCUT2D eigenvalue weighted by Crippen LogP contribution is -2.39. The first-order valence-corrected chi connectivity index (χ1v) is 14.1.